The van der Waals surface area contributed by atoms with Crippen LogP contribution in [0.15, 0.2) is 36.9 Å². The minimum absolute atomic E-state index is 0.125. The van der Waals surface area contributed by atoms with Gasteiger partial charge in [0, 0.05) is 36.6 Å². The molecule has 0 aliphatic heterocycles. The zero-order chi connectivity index (χ0) is 15.1. The lowest BCUT2D eigenvalue weighted by atomic mass is 10.0. The van der Waals surface area contributed by atoms with Crippen molar-refractivity contribution in [3.63, 3.8) is 0 Å². The van der Waals surface area contributed by atoms with E-state index in [1.165, 1.54) is 0 Å². The third kappa shape index (κ3) is 4.20. The molecule has 0 atom stereocenters. The first-order valence-electron chi connectivity index (χ1n) is 6.65. The molecule has 2 aromatic rings. The van der Waals surface area contributed by atoms with E-state index in [0.29, 0.717) is 18.7 Å². The number of rotatable bonds is 4. The number of hydrogen-bond acceptors (Lipinski definition) is 3. The van der Waals surface area contributed by atoms with E-state index in [2.05, 4.69) is 22.1 Å². The molecule has 1 amide bonds. The molecule has 5 nitrogen and oxygen atoms in total. The fraction of sp³-hybridized carbons (Fsp3) is 0.250. The van der Waals surface area contributed by atoms with E-state index in [1.807, 2.05) is 29.8 Å². The average Bonchev–Trinajstić information content (AvgIpc) is 2.99. The number of nitrogens with one attached hydrogen (secondary N) is 1. The molecule has 0 unspecified atom stereocenters. The number of aliphatic hydroxyl groups excluding tert-OH is 1. The molecule has 0 spiro atoms. The molecule has 0 aliphatic rings. The summed E-state index contributed by atoms with van der Waals surface area (Å²) in [5, 5.41) is 11.6. The summed E-state index contributed by atoms with van der Waals surface area (Å²) in [7, 11) is 0. The van der Waals surface area contributed by atoms with E-state index in [0.717, 1.165) is 11.1 Å². The van der Waals surface area contributed by atoms with Crippen molar-refractivity contribution in [3.8, 4) is 11.8 Å². The van der Waals surface area contributed by atoms with Crippen molar-refractivity contribution >= 4 is 5.91 Å². The topological polar surface area (TPSA) is 67.2 Å². The molecule has 0 radical (unpaired) electrons. The molecule has 0 fully saturated rings. The Morgan fingerprint density at radius 1 is 1.48 bits per heavy atom. The van der Waals surface area contributed by atoms with Crippen molar-refractivity contribution in [2.45, 2.75) is 13.5 Å². The fourth-order valence-corrected chi connectivity index (χ4v) is 1.90. The maximum atomic E-state index is 12.2. The van der Waals surface area contributed by atoms with Gasteiger partial charge in [0.15, 0.2) is 0 Å². The van der Waals surface area contributed by atoms with Crippen LogP contribution in [0.2, 0.25) is 0 Å². The zero-order valence-corrected chi connectivity index (χ0v) is 11.8. The second-order valence-electron chi connectivity index (χ2n) is 4.55. The summed E-state index contributed by atoms with van der Waals surface area (Å²) in [6.45, 7) is 2.89. The number of aliphatic hydroxyl groups is 1. The van der Waals surface area contributed by atoms with Crippen molar-refractivity contribution in [2.24, 2.45) is 0 Å². The predicted octanol–water partition coefficient (Wildman–Crippen LogP) is 0.965. The Morgan fingerprint density at radius 3 is 3.05 bits per heavy atom. The van der Waals surface area contributed by atoms with Crippen LogP contribution in [0.5, 0.6) is 0 Å². The van der Waals surface area contributed by atoms with Crippen molar-refractivity contribution < 1.29 is 9.90 Å². The number of carbonyl (C=O) groups excluding carboxylic acids is 1. The monoisotopic (exact) mass is 283 g/mol. The number of aryl methyl sites for hydroxylation is 1. The third-order valence-corrected chi connectivity index (χ3v) is 3.01. The smallest absolute Gasteiger partial charge is 0.251 e. The second-order valence-corrected chi connectivity index (χ2v) is 4.55. The van der Waals surface area contributed by atoms with Gasteiger partial charge in [0.25, 0.3) is 5.91 Å². The van der Waals surface area contributed by atoms with Crippen LogP contribution in [-0.4, -0.2) is 33.7 Å². The Labute approximate surface area is 123 Å². The summed E-state index contributed by atoms with van der Waals surface area (Å²) in [6, 6.07) is 5.43. The Hall–Kier alpha value is -2.58. The summed E-state index contributed by atoms with van der Waals surface area (Å²) in [6.07, 6.45) is 5.26. The minimum atomic E-state index is -0.194. The van der Waals surface area contributed by atoms with Gasteiger partial charge in [-0.15, -0.1) is 0 Å². The quantitative estimate of drug-likeness (QED) is 0.822. The number of nitrogens with zero attached hydrogens (tertiary/aromatic N) is 2. The summed E-state index contributed by atoms with van der Waals surface area (Å²) < 4.78 is 1.90. The second kappa shape index (κ2) is 7.27. The first-order valence-corrected chi connectivity index (χ1v) is 6.65. The van der Waals surface area contributed by atoms with E-state index in [1.54, 1.807) is 18.6 Å². The number of imidazole rings is 1. The highest BCUT2D eigenvalue weighted by atomic mass is 16.2. The molecule has 108 valence electrons. The summed E-state index contributed by atoms with van der Waals surface area (Å²) in [5.41, 5.74) is 2.21. The number of hydrogen-bond donors (Lipinski definition) is 2. The molecule has 2 rings (SSSR count). The van der Waals surface area contributed by atoms with Gasteiger partial charge in [-0.25, -0.2) is 4.98 Å². The van der Waals surface area contributed by atoms with Crippen molar-refractivity contribution in [1.82, 2.24) is 14.9 Å². The van der Waals surface area contributed by atoms with E-state index >= 15 is 0 Å². The van der Waals surface area contributed by atoms with Gasteiger partial charge >= 0.3 is 0 Å². The fourth-order valence-electron chi connectivity index (χ4n) is 1.90. The normalized spacial score (nSPS) is 9.81. The van der Waals surface area contributed by atoms with Crippen molar-refractivity contribution in [2.75, 3.05) is 13.2 Å². The number of amides is 1. The first kappa shape index (κ1) is 14.8. The highest BCUT2D eigenvalue weighted by Crippen LogP contribution is 2.10. The van der Waals surface area contributed by atoms with Gasteiger partial charge in [0.2, 0.25) is 0 Å². The van der Waals surface area contributed by atoms with E-state index in [4.69, 9.17) is 5.11 Å². The molecule has 0 saturated carbocycles. The largest absolute Gasteiger partial charge is 0.384 e. The van der Waals surface area contributed by atoms with Crippen molar-refractivity contribution in [1.29, 1.82) is 0 Å². The summed E-state index contributed by atoms with van der Waals surface area (Å²) >= 11 is 0. The predicted molar refractivity (Wildman–Crippen MR) is 79.7 cm³/mol. The minimum Gasteiger partial charge on any atom is -0.384 e. The number of carbonyl (C=O) groups is 1. The molecular formula is C16H17N3O2. The highest BCUT2D eigenvalue weighted by molar-refractivity contribution is 5.96. The molecule has 21 heavy (non-hydrogen) atoms. The maximum Gasteiger partial charge on any atom is 0.251 e. The van der Waals surface area contributed by atoms with Crippen LogP contribution < -0.4 is 5.32 Å². The van der Waals surface area contributed by atoms with E-state index in [-0.39, 0.29) is 12.5 Å². The van der Waals surface area contributed by atoms with E-state index < -0.39 is 0 Å². The number of aromatic nitrogens is 2. The molecular weight excluding hydrogens is 266 g/mol. The average molecular weight is 283 g/mol. The first-order chi connectivity index (χ1) is 10.2. The highest BCUT2D eigenvalue weighted by Gasteiger charge is 2.08. The third-order valence-electron chi connectivity index (χ3n) is 3.01. The van der Waals surface area contributed by atoms with Crippen molar-refractivity contribution in [3.05, 3.63) is 53.6 Å². The number of benzene rings is 1. The Bertz CT molecular complexity index is 667. The lowest BCUT2D eigenvalue weighted by molar-refractivity contribution is 0.0951. The Morgan fingerprint density at radius 2 is 2.33 bits per heavy atom. The Balaban J connectivity index is 2.00. The van der Waals surface area contributed by atoms with Gasteiger partial charge in [-0.2, -0.15) is 0 Å². The Kier molecular flexibility index (Phi) is 5.13. The van der Waals surface area contributed by atoms with Gasteiger partial charge in [-0.1, -0.05) is 17.9 Å². The van der Waals surface area contributed by atoms with Crippen LogP contribution in [0.3, 0.4) is 0 Å². The van der Waals surface area contributed by atoms with Crippen LogP contribution in [0, 0.1) is 18.8 Å². The van der Waals surface area contributed by atoms with Crippen LogP contribution in [0.4, 0.5) is 0 Å². The molecule has 0 saturated heterocycles. The molecule has 0 bridgehead atoms. The maximum absolute atomic E-state index is 12.2. The summed E-state index contributed by atoms with van der Waals surface area (Å²) in [4.78, 5) is 16.1. The standard InChI is InChI=1S/C16H17N3O2/c1-13-4-5-14(3-2-10-20)11-15(13)16(21)18-7-9-19-8-6-17-12-19/h4-6,8,11-12,20H,7,9-10H2,1H3,(H,18,21). The van der Waals surface area contributed by atoms with Gasteiger partial charge in [-0.05, 0) is 24.6 Å². The lowest BCUT2D eigenvalue weighted by Gasteiger charge is -2.08. The van der Waals surface area contributed by atoms with Gasteiger partial charge in [0.1, 0.15) is 6.61 Å². The lowest BCUT2D eigenvalue weighted by Crippen LogP contribution is -2.27. The summed E-state index contributed by atoms with van der Waals surface area (Å²) in [5.74, 6) is 5.25. The SMILES string of the molecule is Cc1ccc(C#CCO)cc1C(=O)NCCn1ccnc1. The molecule has 2 N–H and O–H groups in total. The van der Waals surface area contributed by atoms with Gasteiger partial charge in [-0.3, -0.25) is 4.79 Å². The molecule has 1 heterocycles. The van der Waals surface area contributed by atoms with Gasteiger partial charge < -0.3 is 15.0 Å². The molecule has 0 aliphatic carbocycles. The zero-order valence-electron chi connectivity index (χ0n) is 11.8. The van der Waals surface area contributed by atoms with Crippen LogP contribution in [-0.2, 0) is 6.54 Å². The molecule has 1 aromatic heterocycles. The van der Waals surface area contributed by atoms with Crippen LogP contribution >= 0.6 is 0 Å². The van der Waals surface area contributed by atoms with E-state index in [9.17, 15) is 4.79 Å². The van der Waals surface area contributed by atoms with Crippen LogP contribution in [0.1, 0.15) is 21.5 Å². The van der Waals surface area contributed by atoms with Gasteiger partial charge in [0.05, 0.1) is 6.33 Å². The van der Waals surface area contributed by atoms with Crippen LogP contribution in [0.25, 0.3) is 0 Å². The molecule has 1 aromatic carbocycles. The molecule has 5 heteroatoms.